The molecule has 5 heteroatoms. The number of ether oxygens (including phenoxy) is 1. The first-order valence-corrected chi connectivity index (χ1v) is 3.73. The van der Waals surface area contributed by atoms with E-state index in [1.807, 2.05) is 0 Å². The molecule has 0 bridgehead atoms. The van der Waals surface area contributed by atoms with Crippen LogP contribution in [0.1, 0.15) is 10.4 Å². The van der Waals surface area contributed by atoms with Crippen LogP contribution in [0.3, 0.4) is 0 Å². The number of para-hydroxylation sites is 1. The summed E-state index contributed by atoms with van der Waals surface area (Å²) in [4.78, 5) is 10.8. The second kappa shape index (κ2) is 4.02. The second-order valence-electron chi connectivity index (χ2n) is 2.55. The highest BCUT2D eigenvalue weighted by Gasteiger charge is 2.15. The van der Waals surface area contributed by atoms with Crippen molar-refractivity contribution in [1.82, 2.24) is 0 Å². The van der Waals surface area contributed by atoms with E-state index >= 15 is 0 Å². The Morgan fingerprint density at radius 1 is 1.43 bits per heavy atom. The molecule has 1 aliphatic heterocycles. The lowest BCUT2D eigenvalue weighted by Crippen LogP contribution is -2.06. The molecule has 0 amide bonds. The monoisotopic (exact) mass is 213 g/mol. The number of carboxylic acids is 1. The zero-order chi connectivity index (χ0) is 9.26. The minimum atomic E-state index is -0.969. The Hall–Kier alpha value is -1.68. The van der Waals surface area contributed by atoms with Crippen LogP contribution < -0.4 is 10.1 Å². The molecule has 0 fully saturated rings. The standard InChI is InChI=1S/C9H7NO3.ClH/c11-9(12)6-2-1-3-7-8(6)10-4-5-13-7;/h1-5,10H,(H,11,12);1H. The van der Waals surface area contributed by atoms with E-state index < -0.39 is 5.97 Å². The quantitative estimate of drug-likeness (QED) is 0.750. The van der Waals surface area contributed by atoms with E-state index in [1.165, 1.54) is 12.3 Å². The number of carboxylic acid groups (broad SMARTS) is 1. The van der Waals surface area contributed by atoms with Crippen LogP contribution in [0.5, 0.6) is 5.75 Å². The summed E-state index contributed by atoms with van der Waals surface area (Å²) in [6.07, 6.45) is 3.02. The van der Waals surface area contributed by atoms with Crippen LogP contribution >= 0.6 is 12.4 Å². The van der Waals surface area contributed by atoms with Crippen LogP contribution in [-0.2, 0) is 0 Å². The maximum atomic E-state index is 10.8. The van der Waals surface area contributed by atoms with Gasteiger partial charge in [-0.25, -0.2) is 4.79 Å². The molecule has 2 rings (SSSR count). The summed E-state index contributed by atoms with van der Waals surface area (Å²) in [6.45, 7) is 0. The predicted octanol–water partition coefficient (Wildman–Crippen LogP) is 2.08. The molecular formula is C9H8ClNO3. The smallest absolute Gasteiger partial charge is 0.337 e. The fourth-order valence-corrected chi connectivity index (χ4v) is 1.18. The van der Waals surface area contributed by atoms with Gasteiger partial charge in [0, 0.05) is 6.20 Å². The molecule has 0 radical (unpaired) electrons. The third-order valence-corrected chi connectivity index (χ3v) is 1.75. The summed E-state index contributed by atoms with van der Waals surface area (Å²) < 4.78 is 5.11. The van der Waals surface area contributed by atoms with E-state index in [0.29, 0.717) is 11.4 Å². The summed E-state index contributed by atoms with van der Waals surface area (Å²) in [7, 11) is 0. The molecule has 0 aromatic heterocycles. The van der Waals surface area contributed by atoms with Crippen LogP contribution in [0, 0.1) is 0 Å². The van der Waals surface area contributed by atoms with Gasteiger partial charge in [0.1, 0.15) is 6.26 Å². The number of benzene rings is 1. The van der Waals surface area contributed by atoms with Gasteiger partial charge in [-0.05, 0) is 12.1 Å². The average molecular weight is 214 g/mol. The first kappa shape index (κ1) is 10.4. The lowest BCUT2D eigenvalue weighted by atomic mass is 10.1. The molecule has 2 N–H and O–H groups in total. The summed E-state index contributed by atoms with van der Waals surface area (Å²) >= 11 is 0. The van der Waals surface area contributed by atoms with Crippen LogP contribution in [0.4, 0.5) is 5.69 Å². The highest BCUT2D eigenvalue weighted by atomic mass is 35.5. The molecule has 1 heterocycles. The number of halogens is 1. The van der Waals surface area contributed by atoms with Gasteiger partial charge in [0.25, 0.3) is 0 Å². The van der Waals surface area contributed by atoms with Crippen molar-refractivity contribution < 1.29 is 14.6 Å². The van der Waals surface area contributed by atoms with Crippen LogP contribution in [0.25, 0.3) is 0 Å². The Balaban J connectivity index is 0.000000980. The largest absolute Gasteiger partial charge is 0.478 e. The first-order valence-electron chi connectivity index (χ1n) is 3.73. The molecule has 1 aliphatic rings. The maximum Gasteiger partial charge on any atom is 0.337 e. The van der Waals surface area contributed by atoms with E-state index in [9.17, 15) is 4.79 Å². The van der Waals surface area contributed by atoms with Gasteiger partial charge in [-0.15, -0.1) is 12.4 Å². The maximum absolute atomic E-state index is 10.8. The number of fused-ring (bicyclic) bond motifs is 1. The number of hydrogen-bond donors (Lipinski definition) is 2. The summed E-state index contributed by atoms with van der Waals surface area (Å²) in [5, 5.41) is 11.6. The number of carbonyl (C=O) groups is 1. The fraction of sp³-hybridized carbons (Fsp3) is 0. The molecule has 0 saturated heterocycles. The van der Waals surface area contributed by atoms with E-state index in [4.69, 9.17) is 9.84 Å². The molecule has 4 nitrogen and oxygen atoms in total. The molecule has 0 atom stereocenters. The molecule has 1 aromatic carbocycles. The van der Waals surface area contributed by atoms with Gasteiger partial charge in [-0.2, -0.15) is 0 Å². The predicted molar refractivity (Wildman–Crippen MR) is 54.0 cm³/mol. The molecule has 14 heavy (non-hydrogen) atoms. The number of nitrogens with one attached hydrogen (secondary N) is 1. The van der Waals surface area contributed by atoms with Crippen molar-refractivity contribution in [2.45, 2.75) is 0 Å². The topological polar surface area (TPSA) is 58.6 Å². The molecule has 1 aromatic rings. The molecular weight excluding hydrogens is 206 g/mol. The van der Waals surface area contributed by atoms with Gasteiger partial charge in [0.15, 0.2) is 5.75 Å². The van der Waals surface area contributed by atoms with Gasteiger partial charge in [0.2, 0.25) is 0 Å². The van der Waals surface area contributed by atoms with E-state index in [-0.39, 0.29) is 18.0 Å². The lowest BCUT2D eigenvalue weighted by molar-refractivity contribution is 0.0697. The van der Waals surface area contributed by atoms with Gasteiger partial charge in [0.05, 0.1) is 11.3 Å². The van der Waals surface area contributed by atoms with Crippen molar-refractivity contribution in [1.29, 1.82) is 0 Å². The third kappa shape index (κ3) is 1.65. The highest BCUT2D eigenvalue weighted by Crippen LogP contribution is 2.30. The lowest BCUT2D eigenvalue weighted by Gasteiger charge is -2.14. The number of aromatic carboxylic acids is 1. The minimum Gasteiger partial charge on any atom is -0.478 e. The fourth-order valence-electron chi connectivity index (χ4n) is 1.18. The van der Waals surface area contributed by atoms with Gasteiger partial charge in [-0.3, -0.25) is 0 Å². The Morgan fingerprint density at radius 2 is 2.21 bits per heavy atom. The number of rotatable bonds is 1. The van der Waals surface area contributed by atoms with Crippen molar-refractivity contribution >= 4 is 24.1 Å². The Kier molecular flexibility index (Phi) is 2.99. The van der Waals surface area contributed by atoms with Crippen molar-refractivity contribution in [3.05, 3.63) is 36.2 Å². The zero-order valence-electron chi connectivity index (χ0n) is 7.06. The average Bonchev–Trinajstić information content (AvgIpc) is 2.17. The van der Waals surface area contributed by atoms with E-state index in [1.54, 1.807) is 18.3 Å². The molecule has 0 saturated carbocycles. The van der Waals surface area contributed by atoms with Gasteiger partial charge < -0.3 is 15.2 Å². The third-order valence-electron chi connectivity index (χ3n) is 1.75. The van der Waals surface area contributed by atoms with Gasteiger partial charge >= 0.3 is 5.97 Å². The van der Waals surface area contributed by atoms with Crippen LogP contribution in [-0.4, -0.2) is 11.1 Å². The summed E-state index contributed by atoms with van der Waals surface area (Å²) in [6, 6.07) is 4.87. The number of hydrogen-bond acceptors (Lipinski definition) is 3. The summed E-state index contributed by atoms with van der Waals surface area (Å²) in [5.41, 5.74) is 0.708. The van der Waals surface area contributed by atoms with Crippen molar-refractivity contribution in [3.8, 4) is 5.75 Å². The first-order chi connectivity index (χ1) is 6.29. The van der Waals surface area contributed by atoms with Crippen molar-refractivity contribution in [3.63, 3.8) is 0 Å². The SMILES string of the molecule is Cl.O=C(O)c1cccc2c1NC=CO2. The molecule has 0 unspecified atom stereocenters. The molecule has 74 valence electrons. The highest BCUT2D eigenvalue weighted by molar-refractivity contribution is 5.96. The zero-order valence-corrected chi connectivity index (χ0v) is 7.88. The van der Waals surface area contributed by atoms with Gasteiger partial charge in [-0.1, -0.05) is 6.07 Å². The van der Waals surface area contributed by atoms with Crippen LogP contribution in [0.15, 0.2) is 30.7 Å². The molecule has 0 spiro atoms. The molecule has 0 aliphatic carbocycles. The second-order valence-corrected chi connectivity index (χ2v) is 2.55. The Labute approximate surface area is 86.6 Å². The minimum absolute atomic E-state index is 0. The van der Waals surface area contributed by atoms with E-state index in [2.05, 4.69) is 5.32 Å². The summed E-state index contributed by atoms with van der Waals surface area (Å²) in [5.74, 6) is -0.439. The van der Waals surface area contributed by atoms with Crippen molar-refractivity contribution in [2.24, 2.45) is 0 Å². The Bertz CT molecular complexity index is 390. The Morgan fingerprint density at radius 3 is 2.93 bits per heavy atom. The van der Waals surface area contributed by atoms with Crippen LogP contribution in [0.2, 0.25) is 0 Å². The van der Waals surface area contributed by atoms with E-state index in [0.717, 1.165) is 0 Å². The number of anilines is 1. The normalized spacial score (nSPS) is 11.7. The van der Waals surface area contributed by atoms with Crippen molar-refractivity contribution in [2.75, 3.05) is 5.32 Å².